The van der Waals surface area contributed by atoms with Crippen LogP contribution >= 0.6 is 35.1 Å². The minimum atomic E-state index is 0.00676. The molecule has 0 aliphatic carbocycles. The fourth-order valence-corrected chi connectivity index (χ4v) is 4.50. The number of alkyl halides is 1. The molecule has 1 aromatic rings. The van der Waals surface area contributed by atoms with Gasteiger partial charge in [-0.15, -0.1) is 11.6 Å². The number of halogens is 1. The Bertz CT molecular complexity index is 390. The van der Waals surface area contributed by atoms with Crippen LogP contribution in [0.4, 0.5) is 0 Å². The van der Waals surface area contributed by atoms with E-state index in [1.807, 2.05) is 47.8 Å². The molecule has 0 saturated carbocycles. The zero-order chi connectivity index (χ0) is 12.8. The molecule has 0 bridgehead atoms. The van der Waals surface area contributed by atoms with Crippen LogP contribution < -0.4 is 5.32 Å². The van der Waals surface area contributed by atoms with E-state index in [1.54, 1.807) is 0 Å². The molecule has 0 radical (unpaired) electrons. The third-order valence-electron chi connectivity index (χ3n) is 2.75. The van der Waals surface area contributed by atoms with Gasteiger partial charge in [0.15, 0.2) is 0 Å². The fraction of sp³-hybridized carbons (Fsp3) is 0.462. The molecular weight excluding hydrogens is 286 g/mol. The third kappa shape index (κ3) is 4.11. The van der Waals surface area contributed by atoms with E-state index in [-0.39, 0.29) is 5.91 Å². The summed E-state index contributed by atoms with van der Waals surface area (Å²) in [5, 5.41) is 3.55. The van der Waals surface area contributed by atoms with E-state index in [0.29, 0.717) is 16.7 Å². The lowest BCUT2D eigenvalue weighted by molar-refractivity contribution is 0.0954. The highest BCUT2D eigenvalue weighted by molar-refractivity contribution is 8.06. The topological polar surface area (TPSA) is 29.1 Å². The maximum Gasteiger partial charge on any atom is 0.251 e. The average Bonchev–Trinajstić information content (AvgIpc) is 2.46. The molecule has 1 fully saturated rings. The number of hydrogen-bond acceptors (Lipinski definition) is 3. The van der Waals surface area contributed by atoms with Crippen molar-refractivity contribution in [2.24, 2.45) is 0 Å². The van der Waals surface area contributed by atoms with Gasteiger partial charge >= 0.3 is 0 Å². The van der Waals surface area contributed by atoms with Crippen LogP contribution in [0, 0.1) is 0 Å². The first-order valence-corrected chi connectivity index (χ1v) is 8.66. The summed E-state index contributed by atoms with van der Waals surface area (Å²) in [7, 11) is 0. The minimum Gasteiger partial charge on any atom is -0.351 e. The van der Waals surface area contributed by atoms with Crippen molar-refractivity contribution < 1.29 is 4.79 Å². The molecule has 1 aliphatic rings. The van der Waals surface area contributed by atoms with Gasteiger partial charge in [-0.05, 0) is 17.7 Å². The Morgan fingerprint density at radius 3 is 2.72 bits per heavy atom. The van der Waals surface area contributed by atoms with Crippen LogP contribution in [-0.4, -0.2) is 35.0 Å². The quantitative estimate of drug-likeness (QED) is 0.867. The van der Waals surface area contributed by atoms with E-state index in [4.69, 9.17) is 11.6 Å². The second-order valence-electron chi connectivity index (χ2n) is 4.11. The van der Waals surface area contributed by atoms with Crippen LogP contribution in [-0.2, 0) is 5.88 Å². The number of amides is 1. The van der Waals surface area contributed by atoms with Gasteiger partial charge in [-0.3, -0.25) is 4.79 Å². The Kier molecular flexibility index (Phi) is 5.73. The summed E-state index contributed by atoms with van der Waals surface area (Å²) in [4.78, 5) is 11.9. The van der Waals surface area contributed by atoms with Gasteiger partial charge in [0.2, 0.25) is 0 Å². The van der Waals surface area contributed by atoms with Gasteiger partial charge in [0.05, 0.1) is 0 Å². The zero-order valence-electron chi connectivity index (χ0n) is 10.0. The Morgan fingerprint density at radius 2 is 2.11 bits per heavy atom. The van der Waals surface area contributed by atoms with Crippen molar-refractivity contribution in [3.8, 4) is 0 Å². The molecule has 1 heterocycles. The van der Waals surface area contributed by atoms with Gasteiger partial charge in [0.25, 0.3) is 5.91 Å². The highest BCUT2D eigenvalue weighted by Crippen LogP contribution is 2.23. The van der Waals surface area contributed by atoms with Crippen LogP contribution in [0.2, 0.25) is 0 Å². The average molecular weight is 302 g/mol. The second-order valence-corrected chi connectivity index (χ2v) is 6.93. The van der Waals surface area contributed by atoms with E-state index < -0.39 is 0 Å². The molecule has 2 nitrogen and oxygen atoms in total. The predicted molar refractivity (Wildman–Crippen MR) is 81.9 cm³/mol. The SMILES string of the molecule is O=C(NCC1CSCCS1)c1ccc(CCl)cc1. The Labute approximate surface area is 121 Å². The largest absolute Gasteiger partial charge is 0.351 e. The Morgan fingerprint density at radius 1 is 1.33 bits per heavy atom. The van der Waals surface area contributed by atoms with E-state index in [9.17, 15) is 4.79 Å². The molecule has 1 aromatic carbocycles. The number of benzene rings is 1. The van der Waals surface area contributed by atoms with Crippen LogP contribution in [0.1, 0.15) is 15.9 Å². The first kappa shape index (κ1) is 14.1. The van der Waals surface area contributed by atoms with Gasteiger partial charge in [-0.25, -0.2) is 0 Å². The van der Waals surface area contributed by atoms with Crippen molar-refractivity contribution >= 4 is 41.0 Å². The summed E-state index contributed by atoms with van der Waals surface area (Å²) in [6, 6.07) is 7.45. The lowest BCUT2D eigenvalue weighted by atomic mass is 10.1. The fourth-order valence-electron chi connectivity index (χ4n) is 1.71. The summed E-state index contributed by atoms with van der Waals surface area (Å²) in [5.41, 5.74) is 1.74. The summed E-state index contributed by atoms with van der Waals surface area (Å²) >= 11 is 9.64. The minimum absolute atomic E-state index is 0.00676. The van der Waals surface area contributed by atoms with Crippen LogP contribution in [0.25, 0.3) is 0 Å². The predicted octanol–water partition coefficient (Wildman–Crippen LogP) is 3.00. The van der Waals surface area contributed by atoms with Crippen molar-refractivity contribution in [3.05, 3.63) is 35.4 Å². The Balaban J connectivity index is 1.82. The molecule has 1 aliphatic heterocycles. The lowest BCUT2D eigenvalue weighted by Crippen LogP contribution is -2.33. The lowest BCUT2D eigenvalue weighted by Gasteiger charge is -2.21. The van der Waals surface area contributed by atoms with Crippen molar-refractivity contribution in [1.82, 2.24) is 5.32 Å². The summed E-state index contributed by atoms with van der Waals surface area (Å²) in [6.45, 7) is 0.758. The van der Waals surface area contributed by atoms with Crippen LogP contribution in [0.5, 0.6) is 0 Å². The van der Waals surface area contributed by atoms with Crippen molar-refractivity contribution in [2.75, 3.05) is 23.8 Å². The monoisotopic (exact) mass is 301 g/mol. The summed E-state index contributed by atoms with van der Waals surface area (Å²) in [6.07, 6.45) is 0. The third-order valence-corrected chi connectivity index (χ3v) is 5.90. The highest BCUT2D eigenvalue weighted by Gasteiger charge is 2.15. The molecule has 1 amide bonds. The van der Waals surface area contributed by atoms with E-state index in [2.05, 4.69) is 5.32 Å². The van der Waals surface area contributed by atoms with Crippen molar-refractivity contribution in [1.29, 1.82) is 0 Å². The molecular formula is C13H16ClNOS2. The smallest absolute Gasteiger partial charge is 0.251 e. The molecule has 18 heavy (non-hydrogen) atoms. The van der Waals surface area contributed by atoms with Crippen molar-refractivity contribution in [3.63, 3.8) is 0 Å². The van der Waals surface area contributed by atoms with Gasteiger partial charge in [0.1, 0.15) is 0 Å². The molecule has 98 valence electrons. The van der Waals surface area contributed by atoms with Crippen molar-refractivity contribution in [2.45, 2.75) is 11.1 Å². The summed E-state index contributed by atoms with van der Waals surface area (Å²) < 4.78 is 0. The highest BCUT2D eigenvalue weighted by atomic mass is 35.5. The van der Waals surface area contributed by atoms with Gasteiger partial charge in [0, 0.05) is 40.5 Å². The van der Waals surface area contributed by atoms with E-state index >= 15 is 0 Å². The molecule has 1 N–H and O–H groups in total. The number of rotatable bonds is 4. The van der Waals surface area contributed by atoms with Crippen LogP contribution in [0.3, 0.4) is 0 Å². The normalized spacial score (nSPS) is 19.5. The maximum atomic E-state index is 11.9. The molecule has 5 heteroatoms. The standard InChI is InChI=1S/C13H16ClNOS2/c14-7-10-1-3-11(4-2-10)13(16)15-8-12-9-17-5-6-18-12/h1-4,12H,5-9H2,(H,15,16). The van der Waals surface area contributed by atoms with Crippen LogP contribution in [0.15, 0.2) is 24.3 Å². The molecule has 1 unspecified atom stereocenters. The number of carbonyl (C=O) groups is 1. The van der Waals surface area contributed by atoms with Gasteiger partial charge in [-0.2, -0.15) is 23.5 Å². The van der Waals surface area contributed by atoms with E-state index in [0.717, 1.165) is 17.9 Å². The van der Waals surface area contributed by atoms with Gasteiger partial charge in [-0.1, -0.05) is 12.1 Å². The van der Waals surface area contributed by atoms with Gasteiger partial charge < -0.3 is 5.32 Å². The second kappa shape index (κ2) is 7.31. The maximum absolute atomic E-state index is 11.9. The molecule has 1 atom stereocenters. The van der Waals surface area contributed by atoms with E-state index in [1.165, 1.54) is 11.5 Å². The molecule has 1 saturated heterocycles. The number of carbonyl (C=O) groups excluding carboxylic acids is 1. The zero-order valence-corrected chi connectivity index (χ0v) is 12.4. The molecule has 0 aromatic heterocycles. The first-order valence-electron chi connectivity index (χ1n) is 5.92. The molecule has 0 spiro atoms. The molecule has 2 rings (SSSR count). The number of hydrogen-bond donors (Lipinski definition) is 1. The Hall–Kier alpha value is -0.320. The summed E-state index contributed by atoms with van der Waals surface area (Å²) in [5.74, 6) is 4.05. The first-order chi connectivity index (χ1) is 8.79. The number of thioether (sulfide) groups is 2. The number of nitrogens with one attached hydrogen (secondary N) is 1.